The van der Waals surface area contributed by atoms with E-state index in [9.17, 15) is 16.8 Å². The maximum atomic E-state index is 10.0. The van der Waals surface area contributed by atoms with E-state index in [4.69, 9.17) is 0 Å². The first-order chi connectivity index (χ1) is 3.41. The Kier molecular flexibility index (Phi) is 0.918. The van der Waals surface area contributed by atoms with Crippen molar-refractivity contribution in [1.29, 1.82) is 0 Å². The first-order valence-electron chi connectivity index (χ1n) is 1.65. The van der Waals surface area contributed by atoms with Gasteiger partial charge in [0.15, 0.2) is 5.08 Å². The van der Waals surface area contributed by atoms with E-state index < -0.39 is 25.1 Å². The van der Waals surface area contributed by atoms with Gasteiger partial charge in [-0.15, -0.1) is 4.13 Å². The van der Waals surface area contributed by atoms with Crippen LogP contribution in [0.15, 0.2) is 0 Å². The minimum atomic E-state index is -3.43. The monoisotopic (exact) mass is 157 g/mol. The quantitative estimate of drug-likeness (QED) is 0.450. The normalized spacial score (nSPS) is 31.0. The fraction of sp³-hybridized carbons (Fsp3) is 1.00. The Morgan fingerprint density at radius 2 is 1.25 bits per heavy atom. The Morgan fingerprint density at radius 3 is 1.25 bits per heavy atom. The van der Waals surface area contributed by atoms with Gasteiger partial charge >= 0.3 is 0 Å². The Bertz CT molecular complexity index is 234. The van der Waals surface area contributed by atoms with Crippen LogP contribution in [-0.2, 0) is 20.0 Å². The summed E-state index contributed by atoms with van der Waals surface area (Å²) in [5.74, 6) is 0. The van der Waals surface area contributed by atoms with Crippen molar-refractivity contribution >= 4 is 20.0 Å². The summed E-state index contributed by atoms with van der Waals surface area (Å²) in [6, 6.07) is 0. The van der Waals surface area contributed by atoms with E-state index in [1.807, 2.05) is 0 Å². The zero-order valence-corrected chi connectivity index (χ0v) is 5.29. The smallest absolute Gasteiger partial charge is 0.210 e. The highest BCUT2D eigenvalue weighted by atomic mass is 32.3. The zero-order chi connectivity index (χ0) is 6.41. The predicted molar refractivity (Wildman–Crippen MR) is 25.8 cm³/mol. The molecule has 7 heteroatoms. The lowest BCUT2D eigenvalue weighted by molar-refractivity contribution is 0.566. The molecule has 0 aromatic carbocycles. The van der Waals surface area contributed by atoms with Crippen molar-refractivity contribution in [3.63, 3.8) is 0 Å². The van der Waals surface area contributed by atoms with Crippen LogP contribution in [-0.4, -0.2) is 21.9 Å². The van der Waals surface area contributed by atoms with Crippen molar-refractivity contribution in [2.24, 2.45) is 0 Å². The minimum Gasteiger partial charge on any atom is -0.210 e. The van der Waals surface area contributed by atoms with Crippen molar-refractivity contribution in [1.82, 2.24) is 4.13 Å². The van der Waals surface area contributed by atoms with Gasteiger partial charge in [0.1, 0.15) is 0 Å². The van der Waals surface area contributed by atoms with Crippen LogP contribution in [0.1, 0.15) is 0 Å². The van der Waals surface area contributed by atoms with Crippen LogP contribution < -0.4 is 4.13 Å². The highest BCUT2D eigenvalue weighted by molar-refractivity contribution is 8.20. The van der Waals surface area contributed by atoms with E-state index in [0.29, 0.717) is 0 Å². The minimum absolute atomic E-state index is 0.764. The van der Waals surface area contributed by atoms with Crippen LogP contribution in [0.25, 0.3) is 0 Å². The van der Waals surface area contributed by atoms with E-state index in [-0.39, 0.29) is 0 Å². The second-order valence-corrected chi connectivity index (χ2v) is 5.50. The summed E-state index contributed by atoms with van der Waals surface area (Å²) in [5.41, 5.74) is 0. The maximum Gasteiger partial charge on any atom is 0.240 e. The SMILES string of the molecule is O=S1(=O)CS(=O)(=O)N1. The molecule has 0 bridgehead atoms. The van der Waals surface area contributed by atoms with E-state index in [0.717, 1.165) is 0 Å². The molecule has 0 radical (unpaired) electrons. The van der Waals surface area contributed by atoms with Gasteiger partial charge in [0.05, 0.1) is 0 Å². The van der Waals surface area contributed by atoms with Crippen LogP contribution in [0, 0.1) is 0 Å². The molecule has 1 saturated heterocycles. The van der Waals surface area contributed by atoms with Crippen LogP contribution in [0.2, 0.25) is 0 Å². The largest absolute Gasteiger partial charge is 0.240 e. The molecule has 0 atom stereocenters. The van der Waals surface area contributed by atoms with Gasteiger partial charge in [-0.3, -0.25) is 0 Å². The molecule has 0 unspecified atom stereocenters. The van der Waals surface area contributed by atoms with Gasteiger partial charge in [0.2, 0.25) is 20.0 Å². The van der Waals surface area contributed by atoms with Gasteiger partial charge in [0.25, 0.3) is 0 Å². The van der Waals surface area contributed by atoms with Gasteiger partial charge in [-0.25, -0.2) is 16.8 Å². The molecule has 1 rings (SSSR count). The summed E-state index contributed by atoms with van der Waals surface area (Å²) in [4.78, 5) is 0. The second-order valence-electron chi connectivity index (χ2n) is 1.43. The van der Waals surface area contributed by atoms with Crippen LogP contribution in [0.3, 0.4) is 0 Å². The Hall–Kier alpha value is -0.140. The average molecular weight is 157 g/mol. The zero-order valence-electron chi connectivity index (χ0n) is 3.66. The molecule has 0 aromatic rings. The molecule has 1 aliphatic rings. The Balaban J connectivity index is 3.00. The maximum absolute atomic E-state index is 10.0. The topological polar surface area (TPSA) is 80.3 Å². The number of hydrogen-bond acceptors (Lipinski definition) is 4. The lowest BCUT2D eigenvalue weighted by Crippen LogP contribution is -2.48. The van der Waals surface area contributed by atoms with Gasteiger partial charge in [-0.2, -0.15) is 0 Å². The first-order valence-corrected chi connectivity index (χ1v) is 4.96. The van der Waals surface area contributed by atoms with E-state index >= 15 is 0 Å². The molecule has 1 fully saturated rings. The van der Waals surface area contributed by atoms with Gasteiger partial charge in [0, 0.05) is 0 Å². The van der Waals surface area contributed by atoms with E-state index in [1.54, 1.807) is 0 Å². The molecule has 1 aliphatic heterocycles. The number of hydrogen-bond donors (Lipinski definition) is 1. The average Bonchev–Trinajstić information content (AvgIpc) is 1.20. The second kappa shape index (κ2) is 1.23. The summed E-state index contributed by atoms with van der Waals surface area (Å²) in [7, 11) is -6.85. The molecule has 0 aromatic heterocycles. The molecular weight excluding hydrogens is 154 g/mol. The van der Waals surface area contributed by atoms with Crippen LogP contribution in [0.5, 0.6) is 0 Å². The molecule has 0 spiro atoms. The molecule has 1 heterocycles. The highest BCUT2D eigenvalue weighted by Gasteiger charge is 2.36. The van der Waals surface area contributed by atoms with Crippen molar-refractivity contribution < 1.29 is 16.8 Å². The van der Waals surface area contributed by atoms with Crippen molar-refractivity contribution in [2.45, 2.75) is 0 Å². The fourth-order valence-electron chi connectivity index (χ4n) is 0.385. The molecule has 1 N–H and O–H groups in total. The third-order valence-electron chi connectivity index (χ3n) is 0.564. The van der Waals surface area contributed by atoms with Crippen molar-refractivity contribution in [2.75, 3.05) is 5.08 Å². The summed E-state index contributed by atoms with van der Waals surface area (Å²) < 4.78 is 41.5. The molecule has 0 aliphatic carbocycles. The number of nitrogens with one attached hydrogen (secondary N) is 1. The molecular formula is CH3NO4S2. The fourth-order valence-corrected chi connectivity index (χ4v) is 3.47. The lowest BCUT2D eigenvalue weighted by Gasteiger charge is -2.13. The third-order valence-corrected chi connectivity index (χ3v) is 5.08. The summed E-state index contributed by atoms with van der Waals surface area (Å²) in [6.45, 7) is 0. The number of rotatable bonds is 0. The number of sulfonamides is 2. The molecule has 0 saturated carbocycles. The third kappa shape index (κ3) is 0.984. The summed E-state index contributed by atoms with van der Waals surface area (Å²) >= 11 is 0. The molecule has 0 amide bonds. The van der Waals surface area contributed by atoms with Crippen molar-refractivity contribution in [3.05, 3.63) is 0 Å². The van der Waals surface area contributed by atoms with Gasteiger partial charge in [-0.05, 0) is 0 Å². The lowest BCUT2D eigenvalue weighted by atomic mass is 11.9. The highest BCUT2D eigenvalue weighted by Crippen LogP contribution is 2.04. The molecule has 48 valence electrons. The van der Waals surface area contributed by atoms with Crippen molar-refractivity contribution in [3.8, 4) is 0 Å². The Morgan fingerprint density at radius 1 is 1.00 bits per heavy atom. The van der Waals surface area contributed by atoms with Crippen LogP contribution >= 0.6 is 0 Å². The Labute approximate surface area is 46.8 Å². The van der Waals surface area contributed by atoms with E-state index in [1.165, 1.54) is 4.13 Å². The van der Waals surface area contributed by atoms with Gasteiger partial charge < -0.3 is 0 Å². The summed E-state index contributed by atoms with van der Waals surface area (Å²) in [5, 5.41) is -0.764. The van der Waals surface area contributed by atoms with Gasteiger partial charge in [-0.1, -0.05) is 0 Å². The molecule has 5 nitrogen and oxygen atoms in total. The standard InChI is InChI=1S/CH3NO4S2/c3-7(4)1-8(5,6)2-7/h2H,1H2. The van der Waals surface area contributed by atoms with E-state index in [2.05, 4.69) is 0 Å². The predicted octanol–water partition coefficient (Wildman–Crippen LogP) is -1.79. The van der Waals surface area contributed by atoms with Crippen LogP contribution in [0.4, 0.5) is 0 Å². The summed E-state index contributed by atoms with van der Waals surface area (Å²) in [6.07, 6.45) is 0. The first kappa shape index (κ1) is 5.99. The molecule has 8 heavy (non-hydrogen) atoms.